The fraction of sp³-hybridized carbons (Fsp3) is 0.417. The van der Waals surface area contributed by atoms with E-state index in [2.05, 4.69) is 27.9 Å². The van der Waals surface area contributed by atoms with Crippen molar-refractivity contribution >= 4 is 28.4 Å². The number of hydrogen-bond donors (Lipinski definition) is 1. The summed E-state index contributed by atoms with van der Waals surface area (Å²) in [5.74, 6) is 0.541. The number of carbonyl (C=O) groups excluding carboxylic acids is 1. The van der Waals surface area contributed by atoms with Gasteiger partial charge in [0.1, 0.15) is 0 Å². The minimum Gasteiger partial charge on any atom is -0.317 e. The highest BCUT2D eigenvalue weighted by atomic mass is 127. The van der Waals surface area contributed by atoms with Crippen molar-refractivity contribution in [1.82, 2.24) is 5.32 Å². The molecule has 0 atom stereocenters. The van der Waals surface area contributed by atoms with Gasteiger partial charge in [0.15, 0.2) is 5.78 Å². The zero-order valence-corrected chi connectivity index (χ0v) is 10.7. The molecule has 0 radical (unpaired) electrons. The third-order valence-electron chi connectivity index (χ3n) is 2.84. The average Bonchev–Trinajstić information content (AvgIpc) is 2.30. The van der Waals surface area contributed by atoms with E-state index in [9.17, 15) is 4.79 Å². The topological polar surface area (TPSA) is 29.1 Å². The second-order valence-corrected chi connectivity index (χ2v) is 5.14. The maximum absolute atomic E-state index is 12.1. The third kappa shape index (κ3) is 2.78. The van der Waals surface area contributed by atoms with Gasteiger partial charge >= 0.3 is 0 Å². The SMILES string of the molecule is O=C(c1ccc(I)cc1)C1CCNCC1. The lowest BCUT2D eigenvalue weighted by atomic mass is 9.90. The molecule has 0 unspecified atom stereocenters. The van der Waals surface area contributed by atoms with Crippen molar-refractivity contribution < 1.29 is 4.79 Å². The standard InChI is InChI=1S/C12H14INO/c13-11-3-1-9(2-4-11)12(15)10-5-7-14-8-6-10/h1-4,10,14H,5-8H2. The molecule has 0 saturated carbocycles. The Labute approximate surface area is 104 Å². The van der Waals surface area contributed by atoms with Crippen LogP contribution in [0.25, 0.3) is 0 Å². The summed E-state index contributed by atoms with van der Waals surface area (Å²) in [5, 5.41) is 3.28. The molecule has 0 bridgehead atoms. The third-order valence-corrected chi connectivity index (χ3v) is 3.56. The number of benzene rings is 1. The fourth-order valence-corrected chi connectivity index (χ4v) is 2.29. The van der Waals surface area contributed by atoms with E-state index < -0.39 is 0 Å². The second kappa shape index (κ2) is 5.07. The second-order valence-electron chi connectivity index (χ2n) is 3.90. The van der Waals surface area contributed by atoms with Crippen LogP contribution in [0.1, 0.15) is 23.2 Å². The van der Waals surface area contributed by atoms with E-state index in [4.69, 9.17) is 0 Å². The fourth-order valence-electron chi connectivity index (χ4n) is 1.93. The van der Waals surface area contributed by atoms with E-state index in [-0.39, 0.29) is 5.92 Å². The molecule has 80 valence electrons. The van der Waals surface area contributed by atoms with Gasteiger partial charge in [-0.1, -0.05) is 12.1 Å². The molecule has 1 aromatic rings. The molecule has 1 fully saturated rings. The Bertz CT molecular complexity index is 341. The van der Waals surface area contributed by atoms with Crippen LogP contribution in [0.4, 0.5) is 0 Å². The number of rotatable bonds is 2. The van der Waals surface area contributed by atoms with E-state index in [1.807, 2.05) is 24.3 Å². The van der Waals surface area contributed by atoms with Crippen LogP contribution in [0.5, 0.6) is 0 Å². The van der Waals surface area contributed by atoms with Crippen molar-refractivity contribution in [2.24, 2.45) is 5.92 Å². The number of nitrogens with one attached hydrogen (secondary N) is 1. The van der Waals surface area contributed by atoms with Crippen LogP contribution in [0.15, 0.2) is 24.3 Å². The van der Waals surface area contributed by atoms with Crippen molar-refractivity contribution in [3.05, 3.63) is 33.4 Å². The predicted octanol–water partition coefficient (Wildman–Crippen LogP) is 2.47. The Kier molecular flexibility index (Phi) is 3.75. The van der Waals surface area contributed by atoms with Gasteiger partial charge in [0.25, 0.3) is 0 Å². The molecule has 1 heterocycles. The summed E-state index contributed by atoms with van der Waals surface area (Å²) in [6, 6.07) is 7.86. The van der Waals surface area contributed by atoms with Crippen LogP contribution in [0, 0.1) is 9.49 Å². The van der Waals surface area contributed by atoms with Crippen molar-refractivity contribution in [1.29, 1.82) is 0 Å². The molecule has 1 aromatic carbocycles. The minimum absolute atomic E-state index is 0.228. The molecular formula is C12H14INO. The molecule has 0 aromatic heterocycles. The first-order valence-corrected chi connectivity index (χ1v) is 6.36. The molecule has 1 aliphatic heterocycles. The van der Waals surface area contributed by atoms with Crippen LogP contribution in [0.3, 0.4) is 0 Å². The number of halogens is 1. The summed E-state index contributed by atoms with van der Waals surface area (Å²) in [6.45, 7) is 1.95. The van der Waals surface area contributed by atoms with Crippen molar-refractivity contribution in [3.63, 3.8) is 0 Å². The van der Waals surface area contributed by atoms with Crippen LogP contribution in [-0.2, 0) is 0 Å². The predicted molar refractivity (Wildman–Crippen MR) is 69.1 cm³/mol. The summed E-state index contributed by atoms with van der Waals surface area (Å²) in [5.41, 5.74) is 0.863. The molecule has 0 spiro atoms. The van der Waals surface area contributed by atoms with Crippen molar-refractivity contribution in [2.75, 3.05) is 13.1 Å². The van der Waals surface area contributed by atoms with E-state index in [1.165, 1.54) is 3.57 Å². The summed E-state index contributed by atoms with van der Waals surface area (Å²) in [4.78, 5) is 12.1. The van der Waals surface area contributed by atoms with Gasteiger partial charge in [-0.2, -0.15) is 0 Å². The minimum atomic E-state index is 0.228. The summed E-state index contributed by atoms with van der Waals surface area (Å²) in [7, 11) is 0. The monoisotopic (exact) mass is 315 g/mol. The molecule has 1 aliphatic rings. The molecule has 0 amide bonds. The van der Waals surface area contributed by atoms with Crippen molar-refractivity contribution in [3.8, 4) is 0 Å². The summed E-state index contributed by atoms with van der Waals surface area (Å²) < 4.78 is 1.18. The molecule has 1 N–H and O–H groups in total. The smallest absolute Gasteiger partial charge is 0.166 e. The van der Waals surface area contributed by atoms with Gasteiger partial charge < -0.3 is 5.32 Å². The van der Waals surface area contributed by atoms with Gasteiger partial charge in [0, 0.05) is 15.1 Å². The Morgan fingerprint density at radius 2 is 1.80 bits per heavy atom. The molecule has 1 saturated heterocycles. The Balaban J connectivity index is 2.09. The lowest BCUT2D eigenvalue weighted by Crippen LogP contribution is -2.31. The zero-order chi connectivity index (χ0) is 10.7. The van der Waals surface area contributed by atoms with Crippen LogP contribution in [0.2, 0.25) is 0 Å². The first-order chi connectivity index (χ1) is 7.27. The first kappa shape index (κ1) is 11.1. The van der Waals surface area contributed by atoms with Gasteiger partial charge in [-0.15, -0.1) is 0 Å². The van der Waals surface area contributed by atoms with Crippen molar-refractivity contribution in [2.45, 2.75) is 12.8 Å². The maximum Gasteiger partial charge on any atom is 0.166 e. The van der Waals surface area contributed by atoms with Gasteiger partial charge in [-0.05, 0) is 60.7 Å². The largest absolute Gasteiger partial charge is 0.317 e. The Morgan fingerprint density at radius 3 is 2.40 bits per heavy atom. The number of hydrogen-bond acceptors (Lipinski definition) is 2. The molecule has 2 rings (SSSR count). The highest BCUT2D eigenvalue weighted by molar-refractivity contribution is 14.1. The van der Waals surface area contributed by atoms with E-state index >= 15 is 0 Å². The lowest BCUT2D eigenvalue weighted by Gasteiger charge is -2.21. The zero-order valence-electron chi connectivity index (χ0n) is 8.50. The highest BCUT2D eigenvalue weighted by Gasteiger charge is 2.21. The number of ketones is 1. The first-order valence-electron chi connectivity index (χ1n) is 5.28. The number of carbonyl (C=O) groups is 1. The van der Waals surface area contributed by atoms with E-state index in [0.717, 1.165) is 31.5 Å². The van der Waals surface area contributed by atoms with E-state index in [1.54, 1.807) is 0 Å². The Morgan fingerprint density at radius 1 is 1.20 bits per heavy atom. The average molecular weight is 315 g/mol. The van der Waals surface area contributed by atoms with Gasteiger partial charge in [0.2, 0.25) is 0 Å². The van der Waals surface area contributed by atoms with Crippen LogP contribution in [-0.4, -0.2) is 18.9 Å². The number of Topliss-reactive ketones (excluding diaryl/α,β-unsaturated/α-hetero) is 1. The molecular weight excluding hydrogens is 301 g/mol. The van der Waals surface area contributed by atoms with Crippen LogP contribution < -0.4 is 5.32 Å². The normalized spacial score (nSPS) is 17.7. The highest BCUT2D eigenvalue weighted by Crippen LogP contribution is 2.18. The molecule has 15 heavy (non-hydrogen) atoms. The molecule has 3 heteroatoms. The molecule has 2 nitrogen and oxygen atoms in total. The summed E-state index contributed by atoms with van der Waals surface area (Å²) >= 11 is 2.25. The molecule has 0 aliphatic carbocycles. The van der Waals surface area contributed by atoms with E-state index in [0.29, 0.717) is 5.78 Å². The Hall–Kier alpha value is -0.420. The quantitative estimate of drug-likeness (QED) is 0.671. The van der Waals surface area contributed by atoms with Gasteiger partial charge in [-0.25, -0.2) is 0 Å². The lowest BCUT2D eigenvalue weighted by molar-refractivity contribution is 0.0895. The van der Waals surface area contributed by atoms with Crippen LogP contribution >= 0.6 is 22.6 Å². The number of piperidine rings is 1. The van der Waals surface area contributed by atoms with Gasteiger partial charge in [-0.3, -0.25) is 4.79 Å². The summed E-state index contributed by atoms with van der Waals surface area (Å²) in [6.07, 6.45) is 1.95. The van der Waals surface area contributed by atoms with Gasteiger partial charge in [0.05, 0.1) is 0 Å². The maximum atomic E-state index is 12.1.